The SMILES string of the molecule is CN(Cc1ccsc1)C1(CN)CC2CCC1C2. The van der Waals surface area contributed by atoms with E-state index in [1.807, 2.05) is 0 Å². The molecule has 2 bridgehead atoms. The van der Waals surface area contributed by atoms with Gasteiger partial charge < -0.3 is 5.73 Å². The lowest BCUT2D eigenvalue weighted by atomic mass is 9.79. The van der Waals surface area contributed by atoms with E-state index in [0.29, 0.717) is 5.54 Å². The lowest BCUT2D eigenvalue weighted by Gasteiger charge is -2.44. The van der Waals surface area contributed by atoms with Crippen LogP contribution < -0.4 is 5.73 Å². The second-order valence-corrected chi connectivity index (χ2v) is 6.66. The van der Waals surface area contributed by atoms with Gasteiger partial charge in [0.2, 0.25) is 0 Å². The molecule has 1 heterocycles. The maximum atomic E-state index is 6.15. The third-order valence-electron chi connectivity index (χ3n) is 5.06. The van der Waals surface area contributed by atoms with E-state index in [1.54, 1.807) is 11.3 Å². The molecule has 3 heteroatoms. The average Bonchev–Trinajstić information content (AvgIpc) is 3.04. The number of rotatable bonds is 4. The lowest BCUT2D eigenvalue weighted by molar-refractivity contribution is 0.0592. The van der Waals surface area contributed by atoms with Gasteiger partial charge in [0.15, 0.2) is 0 Å². The Balaban J connectivity index is 1.76. The van der Waals surface area contributed by atoms with Gasteiger partial charge in [-0.3, -0.25) is 4.90 Å². The Morgan fingerprint density at radius 2 is 2.41 bits per heavy atom. The van der Waals surface area contributed by atoms with Gasteiger partial charge in [-0.15, -0.1) is 0 Å². The van der Waals surface area contributed by atoms with Crippen LogP contribution >= 0.6 is 11.3 Å². The molecule has 0 amide bonds. The Hall–Kier alpha value is -0.380. The van der Waals surface area contributed by atoms with Crippen LogP contribution in [0.15, 0.2) is 16.8 Å². The summed E-state index contributed by atoms with van der Waals surface area (Å²) in [5.41, 5.74) is 7.88. The van der Waals surface area contributed by atoms with Crippen molar-refractivity contribution in [2.75, 3.05) is 13.6 Å². The van der Waals surface area contributed by atoms with E-state index in [-0.39, 0.29) is 0 Å². The van der Waals surface area contributed by atoms with Crippen molar-refractivity contribution in [3.63, 3.8) is 0 Å². The fraction of sp³-hybridized carbons (Fsp3) is 0.714. The maximum Gasteiger partial charge on any atom is 0.0363 e. The lowest BCUT2D eigenvalue weighted by Crippen LogP contribution is -2.55. The first-order valence-electron chi connectivity index (χ1n) is 6.67. The normalized spacial score (nSPS) is 35.9. The first-order valence-corrected chi connectivity index (χ1v) is 7.61. The number of thiophene rings is 1. The number of fused-ring (bicyclic) bond motifs is 2. The summed E-state index contributed by atoms with van der Waals surface area (Å²) >= 11 is 1.79. The summed E-state index contributed by atoms with van der Waals surface area (Å²) in [4.78, 5) is 2.54. The van der Waals surface area contributed by atoms with E-state index >= 15 is 0 Å². The van der Waals surface area contributed by atoms with Crippen LogP contribution in [0.25, 0.3) is 0 Å². The number of nitrogens with zero attached hydrogens (tertiary/aromatic N) is 1. The molecule has 3 atom stereocenters. The van der Waals surface area contributed by atoms with Crippen molar-refractivity contribution in [3.05, 3.63) is 22.4 Å². The zero-order valence-corrected chi connectivity index (χ0v) is 11.4. The molecule has 2 aliphatic rings. The molecule has 0 spiro atoms. The molecule has 17 heavy (non-hydrogen) atoms. The Labute approximate surface area is 108 Å². The largest absolute Gasteiger partial charge is 0.329 e. The molecule has 0 saturated heterocycles. The fourth-order valence-corrected chi connectivity index (χ4v) is 4.76. The van der Waals surface area contributed by atoms with Gasteiger partial charge in [0.05, 0.1) is 0 Å². The van der Waals surface area contributed by atoms with Gasteiger partial charge in [0.1, 0.15) is 0 Å². The highest BCUT2D eigenvalue weighted by Crippen LogP contribution is 2.52. The number of hydrogen-bond acceptors (Lipinski definition) is 3. The van der Waals surface area contributed by atoms with E-state index < -0.39 is 0 Å². The van der Waals surface area contributed by atoms with Crippen LogP contribution in [-0.4, -0.2) is 24.0 Å². The number of nitrogens with two attached hydrogens (primary N) is 1. The predicted octanol–water partition coefficient (Wildman–Crippen LogP) is 2.70. The second kappa shape index (κ2) is 4.38. The molecule has 0 aliphatic heterocycles. The van der Waals surface area contributed by atoms with Crippen molar-refractivity contribution in [2.24, 2.45) is 17.6 Å². The third-order valence-corrected chi connectivity index (χ3v) is 5.79. The van der Waals surface area contributed by atoms with E-state index in [2.05, 4.69) is 28.8 Å². The maximum absolute atomic E-state index is 6.15. The van der Waals surface area contributed by atoms with Gasteiger partial charge in [0, 0.05) is 18.6 Å². The molecular weight excluding hydrogens is 228 g/mol. The molecule has 2 aliphatic carbocycles. The smallest absolute Gasteiger partial charge is 0.0363 e. The van der Waals surface area contributed by atoms with Crippen LogP contribution in [-0.2, 0) is 6.54 Å². The van der Waals surface area contributed by atoms with Gasteiger partial charge in [-0.1, -0.05) is 6.42 Å². The summed E-state index contributed by atoms with van der Waals surface area (Å²) in [6, 6.07) is 2.23. The van der Waals surface area contributed by atoms with Crippen molar-refractivity contribution in [2.45, 2.75) is 37.8 Å². The predicted molar refractivity (Wildman–Crippen MR) is 73.0 cm³/mol. The molecule has 2 saturated carbocycles. The molecule has 2 fully saturated rings. The number of hydrogen-bond donors (Lipinski definition) is 1. The highest BCUT2D eigenvalue weighted by Gasteiger charge is 2.52. The molecule has 3 unspecified atom stereocenters. The van der Waals surface area contributed by atoms with Gasteiger partial charge in [0.25, 0.3) is 0 Å². The summed E-state index contributed by atoms with van der Waals surface area (Å²) in [5, 5.41) is 4.42. The van der Waals surface area contributed by atoms with Crippen molar-refractivity contribution in [1.29, 1.82) is 0 Å². The zero-order chi connectivity index (χ0) is 11.9. The molecule has 2 nitrogen and oxygen atoms in total. The molecule has 3 rings (SSSR count). The van der Waals surface area contributed by atoms with E-state index in [0.717, 1.165) is 24.9 Å². The molecule has 94 valence electrons. The minimum Gasteiger partial charge on any atom is -0.329 e. The average molecular weight is 250 g/mol. The first kappa shape index (κ1) is 11.7. The quantitative estimate of drug-likeness (QED) is 0.890. The van der Waals surface area contributed by atoms with Crippen LogP contribution in [0.2, 0.25) is 0 Å². The molecular formula is C14H22N2S. The van der Waals surface area contributed by atoms with Crippen molar-refractivity contribution < 1.29 is 0 Å². The fourth-order valence-electron chi connectivity index (χ4n) is 4.10. The third kappa shape index (κ3) is 1.85. The van der Waals surface area contributed by atoms with Crippen molar-refractivity contribution >= 4 is 11.3 Å². The Bertz CT molecular complexity index is 376. The minimum absolute atomic E-state index is 0.296. The Kier molecular flexibility index (Phi) is 3.01. The van der Waals surface area contributed by atoms with Crippen LogP contribution in [0, 0.1) is 11.8 Å². The van der Waals surface area contributed by atoms with Gasteiger partial charge >= 0.3 is 0 Å². The van der Waals surface area contributed by atoms with Gasteiger partial charge in [-0.2, -0.15) is 11.3 Å². The molecule has 1 aromatic rings. The highest BCUT2D eigenvalue weighted by molar-refractivity contribution is 7.07. The van der Waals surface area contributed by atoms with Crippen molar-refractivity contribution in [3.8, 4) is 0 Å². The van der Waals surface area contributed by atoms with Gasteiger partial charge in [-0.25, -0.2) is 0 Å². The number of likely N-dealkylation sites (N-methyl/N-ethyl adjacent to an activating group) is 1. The Morgan fingerprint density at radius 1 is 1.53 bits per heavy atom. The Morgan fingerprint density at radius 3 is 2.94 bits per heavy atom. The highest BCUT2D eigenvalue weighted by atomic mass is 32.1. The molecule has 1 aromatic heterocycles. The van der Waals surface area contributed by atoms with E-state index in [4.69, 9.17) is 5.73 Å². The van der Waals surface area contributed by atoms with Crippen LogP contribution in [0.4, 0.5) is 0 Å². The van der Waals surface area contributed by atoms with Crippen LogP contribution in [0.1, 0.15) is 31.2 Å². The monoisotopic (exact) mass is 250 g/mol. The summed E-state index contributed by atoms with van der Waals surface area (Å²) in [7, 11) is 2.27. The molecule has 0 aromatic carbocycles. The second-order valence-electron chi connectivity index (χ2n) is 5.88. The summed E-state index contributed by atoms with van der Waals surface area (Å²) in [6.07, 6.45) is 5.59. The van der Waals surface area contributed by atoms with Gasteiger partial charge in [-0.05, 0) is 60.5 Å². The van der Waals surface area contributed by atoms with Crippen molar-refractivity contribution in [1.82, 2.24) is 4.90 Å². The van der Waals surface area contributed by atoms with Crippen LogP contribution in [0.5, 0.6) is 0 Å². The summed E-state index contributed by atoms with van der Waals surface area (Å²) < 4.78 is 0. The summed E-state index contributed by atoms with van der Waals surface area (Å²) in [6.45, 7) is 1.89. The summed E-state index contributed by atoms with van der Waals surface area (Å²) in [5.74, 6) is 1.80. The van der Waals surface area contributed by atoms with Crippen LogP contribution in [0.3, 0.4) is 0 Å². The zero-order valence-electron chi connectivity index (χ0n) is 10.6. The van der Waals surface area contributed by atoms with E-state index in [1.165, 1.54) is 31.2 Å². The minimum atomic E-state index is 0.296. The first-order chi connectivity index (χ1) is 8.24. The molecule has 0 radical (unpaired) electrons. The topological polar surface area (TPSA) is 29.3 Å². The standard InChI is InChI=1S/C14H22N2S/c1-16(8-12-4-5-17-9-12)14(10-15)7-11-2-3-13(14)6-11/h4-5,9,11,13H,2-3,6-8,10,15H2,1H3. The van der Waals surface area contributed by atoms with E-state index in [9.17, 15) is 0 Å². The molecule has 2 N–H and O–H groups in total.